The molecule has 7 rings (SSSR count). The maximum atomic E-state index is 14.0. The number of phenols is 2. The monoisotopic (exact) mass is 886 g/mol. The van der Waals surface area contributed by atoms with Crippen LogP contribution in [0.15, 0.2) is 36.4 Å². The first-order valence-electron chi connectivity index (χ1n) is 21.0. The third-order valence-corrected chi connectivity index (χ3v) is 12.4. The number of Topliss-reactive ketones (excluding diaryl/α,β-unsaturated/α-hetero) is 1. The first kappa shape index (κ1) is 46.0. The van der Waals surface area contributed by atoms with Crippen molar-refractivity contribution in [1.82, 2.24) is 10.6 Å². The summed E-state index contributed by atoms with van der Waals surface area (Å²) in [6.45, 7) is 3.70. The van der Waals surface area contributed by atoms with Crippen molar-refractivity contribution in [3.63, 3.8) is 0 Å². The number of phenolic OH excluding ortho intramolecular Hbond substituents is 2. The van der Waals surface area contributed by atoms with Gasteiger partial charge in [-0.05, 0) is 62.1 Å². The second kappa shape index (κ2) is 18.6. The van der Waals surface area contributed by atoms with Gasteiger partial charge >= 0.3 is 12.2 Å². The van der Waals surface area contributed by atoms with Crippen LogP contribution in [0.2, 0.25) is 0 Å². The fourth-order valence-electron chi connectivity index (χ4n) is 9.07. The molecule has 4 aliphatic rings. The van der Waals surface area contributed by atoms with Crippen LogP contribution in [0.3, 0.4) is 0 Å². The number of carbonyl (C=O) groups is 5. The number of nitrogens with one attached hydrogen (secondary N) is 2. The van der Waals surface area contributed by atoms with E-state index in [1.54, 1.807) is 26.0 Å². The van der Waals surface area contributed by atoms with Crippen LogP contribution < -0.4 is 25.8 Å². The Morgan fingerprint density at radius 2 is 1.69 bits per heavy atom. The van der Waals surface area contributed by atoms with Crippen LogP contribution in [0, 0.1) is 19.9 Å². The molecule has 1 fully saturated rings. The van der Waals surface area contributed by atoms with Crippen molar-refractivity contribution in [2.24, 2.45) is 5.73 Å². The molecule has 3 aromatic rings. The van der Waals surface area contributed by atoms with Gasteiger partial charge in [-0.25, -0.2) is 9.59 Å². The normalized spacial score (nSPS) is 26.2. The molecule has 0 saturated carbocycles. The second-order valence-corrected chi connectivity index (χ2v) is 16.7. The lowest BCUT2D eigenvalue weighted by molar-refractivity contribution is -0.249. The van der Waals surface area contributed by atoms with E-state index in [0.717, 1.165) is 6.42 Å². The Hall–Kier alpha value is -5.98. The van der Waals surface area contributed by atoms with Crippen molar-refractivity contribution in [1.29, 1.82) is 0 Å². The number of methoxy groups -OCH3 is 1. The van der Waals surface area contributed by atoms with E-state index in [1.165, 1.54) is 32.2 Å². The number of aliphatic hydroxyl groups is 3. The van der Waals surface area contributed by atoms with Crippen LogP contribution in [0.4, 0.5) is 9.59 Å². The molecule has 0 aromatic heterocycles. The summed E-state index contributed by atoms with van der Waals surface area (Å²) in [5, 5.41) is 61.5. The summed E-state index contributed by atoms with van der Waals surface area (Å²) in [7, 11) is 1.30. The lowest BCUT2D eigenvalue weighted by Crippen LogP contribution is -2.56. The summed E-state index contributed by atoms with van der Waals surface area (Å²) in [6, 6.07) is 6.14. The zero-order valence-electron chi connectivity index (χ0n) is 35.8. The highest BCUT2D eigenvalue weighted by Crippen LogP contribution is 2.52. The van der Waals surface area contributed by atoms with E-state index in [2.05, 4.69) is 16.7 Å². The molecular formula is C46H52N3O15+. The minimum absolute atomic E-state index is 0.0481. The van der Waals surface area contributed by atoms with Gasteiger partial charge in [0.05, 0.1) is 48.1 Å². The molecule has 0 radical (unpaired) electrons. The van der Waals surface area contributed by atoms with E-state index in [9.17, 15) is 49.5 Å². The highest BCUT2D eigenvalue weighted by atomic mass is 16.7. The largest absolute Gasteiger partial charge is 0.507 e. The van der Waals surface area contributed by atoms with Crippen molar-refractivity contribution in [2.45, 2.75) is 121 Å². The summed E-state index contributed by atoms with van der Waals surface area (Å²) < 4.78 is 28.7. The van der Waals surface area contributed by atoms with Crippen LogP contribution in [0.25, 0.3) is 0 Å². The summed E-state index contributed by atoms with van der Waals surface area (Å²) in [5.74, 6) is -3.83. The van der Waals surface area contributed by atoms with Crippen LogP contribution in [-0.2, 0) is 32.0 Å². The quantitative estimate of drug-likeness (QED) is 0.0838. The highest BCUT2D eigenvalue weighted by Gasteiger charge is 2.50. The number of fused-ring (bicyclic) bond motifs is 3. The maximum Gasteiger partial charge on any atom is 0.412 e. The molecule has 9 N–H and O–H groups in total. The molecule has 64 heavy (non-hydrogen) atoms. The molecule has 340 valence electrons. The number of carbonyl (C=O) groups excluding carboxylic acids is 5. The first-order chi connectivity index (χ1) is 30.5. The Balaban J connectivity index is 1.06. The minimum atomic E-state index is -2.37. The van der Waals surface area contributed by atoms with Gasteiger partial charge in [0.15, 0.2) is 30.4 Å². The van der Waals surface area contributed by atoms with Gasteiger partial charge in [0.2, 0.25) is 11.9 Å². The number of ketones is 3. The van der Waals surface area contributed by atoms with E-state index in [1.807, 2.05) is 6.08 Å². The molecule has 0 bridgehead atoms. The number of rotatable bonds is 10. The molecule has 1 saturated heterocycles. The van der Waals surface area contributed by atoms with Crippen molar-refractivity contribution < 1.29 is 73.2 Å². The van der Waals surface area contributed by atoms with Gasteiger partial charge in [-0.3, -0.25) is 14.4 Å². The van der Waals surface area contributed by atoms with Crippen LogP contribution >= 0.6 is 0 Å². The minimum Gasteiger partial charge on any atom is -0.507 e. The molecule has 1 heterocycles. The molecule has 0 spiro atoms. The smallest absolute Gasteiger partial charge is 0.412 e. The van der Waals surface area contributed by atoms with Gasteiger partial charge < -0.3 is 65.6 Å². The van der Waals surface area contributed by atoms with Crippen molar-refractivity contribution in [3.8, 4) is 23.0 Å². The van der Waals surface area contributed by atoms with Crippen LogP contribution in [0.1, 0.15) is 111 Å². The molecule has 2 amide bonds. The summed E-state index contributed by atoms with van der Waals surface area (Å²) in [6.07, 6.45) is -0.185. The Morgan fingerprint density at radius 1 is 0.984 bits per heavy atom. The van der Waals surface area contributed by atoms with E-state index in [0.29, 0.717) is 41.7 Å². The van der Waals surface area contributed by atoms with E-state index in [4.69, 9.17) is 29.4 Å². The average molecular weight is 887 g/mol. The lowest BCUT2D eigenvalue weighted by Gasteiger charge is -2.42. The fraction of sp³-hybridized carbons (Fsp3) is 0.457. The Bertz CT molecular complexity index is 2380. The van der Waals surface area contributed by atoms with E-state index >= 15 is 0 Å². The predicted octanol–water partition coefficient (Wildman–Crippen LogP) is 3.30. The Kier molecular flexibility index (Phi) is 13.4. The van der Waals surface area contributed by atoms with Gasteiger partial charge in [-0.1, -0.05) is 12.1 Å². The fourth-order valence-corrected chi connectivity index (χ4v) is 9.07. The number of alkyl carbamates (subject to hydrolysis) is 1. The topological polar surface area (TPSA) is 283 Å². The average Bonchev–Trinajstić information content (AvgIpc) is 3.25. The van der Waals surface area contributed by atoms with Crippen LogP contribution in [-0.4, -0.2) is 111 Å². The number of nitrogens with two attached hydrogens (primary N) is 1. The number of benzene rings is 3. The van der Waals surface area contributed by atoms with E-state index in [-0.39, 0.29) is 53.1 Å². The number of aryl methyl sites for hydroxylation is 2. The van der Waals surface area contributed by atoms with Gasteiger partial charge in [-0.2, -0.15) is 0 Å². The summed E-state index contributed by atoms with van der Waals surface area (Å²) in [5.41, 5.74) is 3.90. The summed E-state index contributed by atoms with van der Waals surface area (Å²) in [4.78, 5) is 66.9. The van der Waals surface area contributed by atoms with Gasteiger partial charge in [0.25, 0.3) is 0 Å². The highest BCUT2D eigenvalue weighted by molar-refractivity contribution is 6.31. The molecule has 18 heteroatoms. The SMILES string of the molecule is COc1cccc2c1C(=O)c1c(O)c3c(c(O)c1C2=O)C[C@@](O)(C(=O)CO)CC3OC1CC(NC(=O)OCc2cc(C)c(OC(=O)NC3CC[C+]=CCCC3N)c(C)c2)C(O)C(C)O1. The Morgan fingerprint density at radius 3 is 2.39 bits per heavy atom. The molecule has 7 unspecified atom stereocenters. The maximum absolute atomic E-state index is 14.0. The van der Waals surface area contributed by atoms with Gasteiger partial charge in [0, 0.05) is 54.8 Å². The second-order valence-electron chi connectivity index (χ2n) is 16.7. The number of hydrogen-bond donors (Lipinski definition) is 8. The number of aliphatic hydroxyl groups excluding tert-OH is 2. The van der Waals surface area contributed by atoms with Gasteiger partial charge in [-0.15, -0.1) is 0 Å². The van der Waals surface area contributed by atoms with Crippen molar-refractivity contribution in [3.05, 3.63) is 92.6 Å². The predicted molar refractivity (Wildman–Crippen MR) is 224 cm³/mol. The standard InChI is InChI=1S/C46H51N3O15/c1-21-14-24(15-22(2)43(21)64-45(58)48-28-12-8-6-5-7-11-27(28)47)20-61-44(57)49-29-16-33(62-23(3)38(29)52)63-31-18-46(59,32(51)19-50)17-26-35(31)42(56)37-36(40(26)54)39(53)25-10-9-13-30(60-4)34(25)41(37)55/h5,9-10,13-15,23,27-29,31,33,38,50,52,59H,7-8,11-12,16-20,47H2,1-4H3,(H3-,48,49,53,54,55,56,57,58)/p+1/t23?,27?,28?,29?,31?,33?,38?,46-/m0/s1. The van der Waals surface area contributed by atoms with Crippen molar-refractivity contribution in [2.75, 3.05) is 13.7 Å². The molecule has 3 aromatic carbocycles. The van der Waals surface area contributed by atoms with Gasteiger partial charge in [0.1, 0.15) is 47.9 Å². The third-order valence-electron chi connectivity index (χ3n) is 12.4. The number of amides is 2. The third kappa shape index (κ3) is 8.90. The zero-order chi connectivity index (χ0) is 46.2. The number of aromatic hydroxyl groups is 2. The molecule has 18 nitrogen and oxygen atoms in total. The molecular weight excluding hydrogens is 835 g/mol. The molecule has 1 aliphatic heterocycles. The Labute approximate surface area is 368 Å². The van der Waals surface area contributed by atoms with E-state index < -0.39 is 108 Å². The number of ether oxygens (including phenoxy) is 5. The number of allylic oxidation sites excluding steroid dienone is 2. The van der Waals surface area contributed by atoms with Crippen molar-refractivity contribution >= 4 is 29.5 Å². The summed E-state index contributed by atoms with van der Waals surface area (Å²) >= 11 is 0. The molecule has 8 atom stereocenters. The van der Waals surface area contributed by atoms with Crippen LogP contribution in [0.5, 0.6) is 23.0 Å². The zero-order valence-corrected chi connectivity index (χ0v) is 35.8. The number of hydrogen-bond acceptors (Lipinski definition) is 16. The molecule has 3 aliphatic carbocycles. The lowest BCUT2D eigenvalue weighted by atomic mass is 9.72. The first-order valence-corrected chi connectivity index (χ1v) is 21.0.